The second kappa shape index (κ2) is 4.75. The molecule has 3 nitrogen and oxygen atoms in total. The largest absolute Gasteiger partial charge is 0.287 e. The van der Waals surface area contributed by atoms with Crippen molar-refractivity contribution in [2.24, 2.45) is 0 Å². The summed E-state index contributed by atoms with van der Waals surface area (Å²) in [5.41, 5.74) is 2.60. The molecule has 0 bridgehead atoms. The second-order valence-corrected chi connectivity index (χ2v) is 5.63. The molecule has 2 aromatic heterocycles. The van der Waals surface area contributed by atoms with E-state index in [2.05, 4.69) is 9.97 Å². The molecule has 0 aliphatic carbocycles. The first-order valence-electron chi connectivity index (χ1n) is 6.56. The molecule has 0 aliphatic heterocycles. The van der Waals surface area contributed by atoms with Crippen molar-refractivity contribution in [2.75, 3.05) is 0 Å². The maximum atomic E-state index is 12.7. The Balaban J connectivity index is 1.88. The number of rotatable bonds is 2. The number of para-hydroxylation sites is 2. The van der Waals surface area contributed by atoms with Crippen LogP contribution >= 0.6 is 11.3 Å². The van der Waals surface area contributed by atoms with E-state index in [9.17, 15) is 4.79 Å². The minimum atomic E-state index is -0.0821. The van der Waals surface area contributed by atoms with Crippen molar-refractivity contribution in [1.29, 1.82) is 0 Å². The van der Waals surface area contributed by atoms with Crippen LogP contribution in [-0.2, 0) is 0 Å². The van der Waals surface area contributed by atoms with Crippen molar-refractivity contribution in [3.8, 4) is 0 Å². The van der Waals surface area contributed by atoms with Crippen molar-refractivity contribution in [1.82, 2.24) is 9.97 Å². The first-order chi connectivity index (χ1) is 10.3. The van der Waals surface area contributed by atoms with Gasteiger partial charge in [-0.15, -0.1) is 11.3 Å². The maximum absolute atomic E-state index is 12.7. The third-order valence-corrected chi connectivity index (χ3v) is 4.37. The van der Waals surface area contributed by atoms with E-state index in [1.165, 1.54) is 0 Å². The molecule has 4 rings (SSSR count). The standard InChI is InChI=1S/C17H10N2OS/c20-16(12-5-3-4-11-8-9-21-17(11)12)15-10-18-13-6-1-2-7-14(13)19-15/h1-10H. The smallest absolute Gasteiger partial charge is 0.214 e. The summed E-state index contributed by atoms with van der Waals surface area (Å²) < 4.78 is 0.998. The molecule has 0 fully saturated rings. The normalized spacial score (nSPS) is 11.0. The quantitative estimate of drug-likeness (QED) is 0.522. The summed E-state index contributed by atoms with van der Waals surface area (Å²) >= 11 is 1.57. The Bertz CT molecular complexity index is 975. The summed E-state index contributed by atoms with van der Waals surface area (Å²) in [7, 11) is 0. The fourth-order valence-electron chi connectivity index (χ4n) is 2.38. The summed E-state index contributed by atoms with van der Waals surface area (Å²) in [6.07, 6.45) is 1.55. The average Bonchev–Trinajstić information content (AvgIpc) is 3.02. The van der Waals surface area contributed by atoms with E-state index in [0.29, 0.717) is 11.3 Å². The van der Waals surface area contributed by atoms with Crippen LogP contribution in [0, 0.1) is 0 Å². The number of carbonyl (C=O) groups excluding carboxylic acids is 1. The molecule has 0 amide bonds. The van der Waals surface area contributed by atoms with Gasteiger partial charge in [0.25, 0.3) is 0 Å². The van der Waals surface area contributed by atoms with E-state index >= 15 is 0 Å². The first kappa shape index (κ1) is 12.2. The predicted octanol–water partition coefficient (Wildman–Crippen LogP) is 4.08. The molecule has 0 atom stereocenters. The van der Waals surface area contributed by atoms with Crippen LogP contribution in [0.4, 0.5) is 0 Å². The minimum absolute atomic E-state index is 0.0821. The van der Waals surface area contributed by atoms with E-state index in [1.807, 2.05) is 53.9 Å². The summed E-state index contributed by atoms with van der Waals surface area (Å²) in [5.74, 6) is -0.0821. The van der Waals surface area contributed by atoms with Gasteiger partial charge in [0.15, 0.2) is 0 Å². The van der Waals surface area contributed by atoms with E-state index in [1.54, 1.807) is 17.5 Å². The maximum Gasteiger partial charge on any atom is 0.214 e. The molecular formula is C17H10N2OS. The van der Waals surface area contributed by atoms with Gasteiger partial charge in [-0.25, -0.2) is 4.98 Å². The third kappa shape index (κ3) is 2.00. The number of aromatic nitrogens is 2. The molecule has 4 aromatic rings. The zero-order valence-electron chi connectivity index (χ0n) is 11.0. The van der Waals surface area contributed by atoms with Crippen LogP contribution in [-0.4, -0.2) is 15.8 Å². The number of hydrogen-bond donors (Lipinski definition) is 0. The minimum Gasteiger partial charge on any atom is -0.287 e. The van der Waals surface area contributed by atoms with Crippen molar-refractivity contribution in [3.63, 3.8) is 0 Å². The van der Waals surface area contributed by atoms with Crippen LogP contribution in [0.3, 0.4) is 0 Å². The Hall–Kier alpha value is -2.59. The molecular weight excluding hydrogens is 280 g/mol. The van der Waals surface area contributed by atoms with E-state index < -0.39 is 0 Å². The summed E-state index contributed by atoms with van der Waals surface area (Å²) in [6, 6.07) is 15.3. The molecule has 0 spiro atoms. The van der Waals surface area contributed by atoms with Gasteiger partial charge in [0.2, 0.25) is 5.78 Å². The van der Waals surface area contributed by atoms with Crippen LogP contribution < -0.4 is 0 Å². The monoisotopic (exact) mass is 290 g/mol. The van der Waals surface area contributed by atoms with E-state index in [-0.39, 0.29) is 5.78 Å². The number of nitrogens with zero attached hydrogens (tertiary/aromatic N) is 2. The number of carbonyl (C=O) groups is 1. The summed E-state index contributed by atoms with van der Waals surface area (Å²) in [6.45, 7) is 0. The van der Waals surface area contributed by atoms with Gasteiger partial charge in [-0.2, -0.15) is 0 Å². The summed E-state index contributed by atoms with van der Waals surface area (Å²) in [5, 5.41) is 3.08. The van der Waals surface area contributed by atoms with Gasteiger partial charge in [0.1, 0.15) is 5.69 Å². The van der Waals surface area contributed by atoms with Crippen LogP contribution in [0.25, 0.3) is 21.1 Å². The lowest BCUT2D eigenvalue weighted by Crippen LogP contribution is -2.05. The van der Waals surface area contributed by atoms with Crippen LogP contribution in [0.1, 0.15) is 16.1 Å². The Morgan fingerprint density at radius 2 is 1.81 bits per heavy atom. The Morgan fingerprint density at radius 3 is 2.71 bits per heavy atom. The lowest BCUT2D eigenvalue weighted by Gasteiger charge is -2.03. The van der Waals surface area contributed by atoms with Crippen molar-refractivity contribution >= 4 is 38.2 Å². The molecule has 100 valence electrons. The van der Waals surface area contributed by atoms with E-state index in [4.69, 9.17) is 0 Å². The number of fused-ring (bicyclic) bond motifs is 2. The summed E-state index contributed by atoms with van der Waals surface area (Å²) in [4.78, 5) is 21.5. The van der Waals surface area contributed by atoms with Gasteiger partial charge in [0.05, 0.1) is 17.2 Å². The Morgan fingerprint density at radius 1 is 0.952 bits per heavy atom. The molecule has 2 heterocycles. The fraction of sp³-hybridized carbons (Fsp3) is 0. The molecule has 0 aliphatic rings. The highest BCUT2D eigenvalue weighted by Crippen LogP contribution is 2.26. The third-order valence-electron chi connectivity index (χ3n) is 3.40. The molecule has 0 saturated heterocycles. The van der Waals surface area contributed by atoms with Gasteiger partial charge in [0, 0.05) is 10.3 Å². The zero-order valence-corrected chi connectivity index (χ0v) is 11.8. The highest BCUT2D eigenvalue weighted by atomic mass is 32.1. The predicted molar refractivity (Wildman–Crippen MR) is 84.8 cm³/mol. The fourth-order valence-corrected chi connectivity index (χ4v) is 3.29. The van der Waals surface area contributed by atoms with Gasteiger partial charge in [-0.1, -0.05) is 24.3 Å². The molecule has 0 saturated carbocycles. The molecule has 0 N–H and O–H groups in total. The molecule has 0 radical (unpaired) electrons. The van der Waals surface area contributed by atoms with E-state index in [0.717, 1.165) is 21.1 Å². The zero-order chi connectivity index (χ0) is 14.2. The average molecular weight is 290 g/mol. The molecule has 21 heavy (non-hydrogen) atoms. The Labute approximate surface area is 124 Å². The molecule has 4 heteroatoms. The highest BCUT2D eigenvalue weighted by molar-refractivity contribution is 7.17. The molecule has 0 unspecified atom stereocenters. The highest BCUT2D eigenvalue weighted by Gasteiger charge is 2.15. The van der Waals surface area contributed by atoms with Crippen molar-refractivity contribution in [3.05, 3.63) is 71.4 Å². The van der Waals surface area contributed by atoms with Crippen LogP contribution in [0.2, 0.25) is 0 Å². The lowest BCUT2D eigenvalue weighted by atomic mass is 10.1. The second-order valence-electron chi connectivity index (χ2n) is 4.72. The number of hydrogen-bond acceptors (Lipinski definition) is 4. The van der Waals surface area contributed by atoms with Crippen LogP contribution in [0.5, 0.6) is 0 Å². The van der Waals surface area contributed by atoms with Gasteiger partial charge >= 0.3 is 0 Å². The lowest BCUT2D eigenvalue weighted by molar-refractivity contribution is 0.103. The Kier molecular flexibility index (Phi) is 2.75. The van der Waals surface area contributed by atoms with Gasteiger partial charge in [-0.05, 0) is 35.0 Å². The van der Waals surface area contributed by atoms with Crippen LogP contribution in [0.15, 0.2) is 60.1 Å². The SMILES string of the molecule is O=C(c1cnc2ccccc2n1)c1cccc2ccsc12. The topological polar surface area (TPSA) is 42.9 Å². The number of ketones is 1. The van der Waals surface area contributed by atoms with Crippen molar-refractivity contribution < 1.29 is 4.79 Å². The number of benzene rings is 2. The number of thiophene rings is 1. The molecule has 2 aromatic carbocycles. The van der Waals surface area contributed by atoms with Crippen molar-refractivity contribution in [2.45, 2.75) is 0 Å². The first-order valence-corrected chi connectivity index (χ1v) is 7.43. The van der Waals surface area contributed by atoms with Gasteiger partial charge in [-0.3, -0.25) is 9.78 Å². The van der Waals surface area contributed by atoms with Gasteiger partial charge < -0.3 is 0 Å².